The van der Waals surface area contributed by atoms with E-state index in [1.165, 1.54) is 5.56 Å². The molecule has 3 nitrogen and oxygen atoms in total. The third-order valence-corrected chi connectivity index (χ3v) is 3.44. The van der Waals surface area contributed by atoms with Gasteiger partial charge in [-0.1, -0.05) is 31.5 Å². The third kappa shape index (κ3) is 4.47. The number of benzene rings is 1. The maximum Gasteiger partial charge on any atom is 0.147 e. The van der Waals surface area contributed by atoms with Crippen LogP contribution in [0, 0.1) is 0 Å². The molecule has 0 fully saturated rings. The fraction of sp³-hybridized carbons (Fsp3) is 0.267. The summed E-state index contributed by atoms with van der Waals surface area (Å²) < 4.78 is 6.66. The summed E-state index contributed by atoms with van der Waals surface area (Å²) in [6.07, 6.45) is 3.21. The summed E-state index contributed by atoms with van der Waals surface area (Å²) in [6, 6.07) is 8.20. The Morgan fingerprint density at radius 1 is 1.30 bits per heavy atom. The number of pyridine rings is 1. The van der Waals surface area contributed by atoms with Crippen LogP contribution in [0.4, 0.5) is 0 Å². The molecule has 2 aromatic rings. The molecule has 0 aliphatic rings. The lowest BCUT2D eigenvalue weighted by Gasteiger charge is -2.11. The zero-order valence-electron chi connectivity index (χ0n) is 11.4. The lowest BCUT2D eigenvalue weighted by atomic mass is 10.2. The number of nitrogens with one attached hydrogen (secondary N) is 1. The summed E-state index contributed by atoms with van der Waals surface area (Å²) in [7, 11) is 0. The van der Waals surface area contributed by atoms with Crippen LogP contribution in [0.1, 0.15) is 19.4 Å². The van der Waals surface area contributed by atoms with E-state index in [-0.39, 0.29) is 0 Å². The topological polar surface area (TPSA) is 34.1 Å². The predicted octanol–water partition coefficient (Wildman–Crippen LogP) is 4.79. The average Bonchev–Trinajstić information content (AvgIpc) is 2.39. The zero-order valence-corrected chi connectivity index (χ0v) is 13.7. The molecule has 0 unspecified atom stereocenters. The largest absolute Gasteiger partial charge is 0.455 e. The molecule has 0 saturated heterocycles. The minimum atomic E-state index is 0.460. The number of hydrogen-bond acceptors (Lipinski definition) is 3. The van der Waals surface area contributed by atoms with Crippen molar-refractivity contribution in [3.8, 4) is 11.5 Å². The zero-order chi connectivity index (χ0) is 14.5. The van der Waals surface area contributed by atoms with E-state index in [0.717, 1.165) is 16.8 Å². The number of nitrogens with zero attached hydrogens (tertiary/aromatic N) is 1. The van der Waals surface area contributed by atoms with E-state index in [1.54, 1.807) is 18.5 Å². The van der Waals surface area contributed by atoms with E-state index in [1.807, 2.05) is 18.2 Å². The van der Waals surface area contributed by atoms with Gasteiger partial charge in [0, 0.05) is 24.8 Å². The lowest BCUT2D eigenvalue weighted by molar-refractivity contribution is 0.477. The second kappa shape index (κ2) is 7.07. The van der Waals surface area contributed by atoms with Gasteiger partial charge in [-0.2, -0.15) is 0 Å². The predicted molar refractivity (Wildman–Crippen MR) is 85.4 cm³/mol. The van der Waals surface area contributed by atoms with Crippen molar-refractivity contribution >= 4 is 27.5 Å². The van der Waals surface area contributed by atoms with Crippen molar-refractivity contribution < 1.29 is 4.74 Å². The quantitative estimate of drug-likeness (QED) is 0.837. The van der Waals surface area contributed by atoms with Crippen LogP contribution in [0.5, 0.6) is 11.5 Å². The Hall–Kier alpha value is -1.10. The van der Waals surface area contributed by atoms with Crippen molar-refractivity contribution in [2.45, 2.75) is 26.4 Å². The molecule has 5 heteroatoms. The Kier molecular flexibility index (Phi) is 5.40. The molecule has 0 aliphatic carbocycles. The highest BCUT2D eigenvalue weighted by Crippen LogP contribution is 2.31. The van der Waals surface area contributed by atoms with E-state index in [9.17, 15) is 0 Å². The summed E-state index contributed by atoms with van der Waals surface area (Å²) in [5.74, 6) is 1.36. The van der Waals surface area contributed by atoms with E-state index in [0.29, 0.717) is 16.8 Å². The molecule has 1 aromatic heterocycles. The molecular weight excluding hydrogens is 340 g/mol. The normalized spacial score (nSPS) is 10.8. The van der Waals surface area contributed by atoms with Crippen molar-refractivity contribution in [1.29, 1.82) is 0 Å². The second-order valence-electron chi connectivity index (χ2n) is 4.74. The van der Waals surface area contributed by atoms with Crippen molar-refractivity contribution in [1.82, 2.24) is 10.3 Å². The van der Waals surface area contributed by atoms with Gasteiger partial charge in [-0.3, -0.25) is 4.98 Å². The molecule has 0 atom stereocenters. The van der Waals surface area contributed by atoms with Gasteiger partial charge in [0.2, 0.25) is 0 Å². The van der Waals surface area contributed by atoms with Gasteiger partial charge in [-0.15, -0.1) is 0 Å². The van der Waals surface area contributed by atoms with Crippen LogP contribution in [0.2, 0.25) is 5.02 Å². The van der Waals surface area contributed by atoms with Crippen LogP contribution in [-0.4, -0.2) is 11.0 Å². The highest BCUT2D eigenvalue weighted by Gasteiger charge is 2.05. The van der Waals surface area contributed by atoms with E-state index >= 15 is 0 Å². The van der Waals surface area contributed by atoms with Crippen LogP contribution < -0.4 is 10.1 Å². The van der Waals surface area contributed by atoms with Gasteiger partial charge in [-0.25, -0.2) is 0 Å². The molecule has 1 heterocycles. The highest BCUT2D eigenvalue weighted by atomic mass is 79.9. The van der Waals surface area contributed by atoms with Gasteiger partial charge in [-0.05, 0) is 33.6 Å². The second-order valence-corrected chi connectivity index (χ2v) is 6.03. The molecular formula is C15H16BrClN2O. The SMILES string of the molecule is CC(C)NCc1ccc(Oc2cncc(Cl)c2)c(Br)c1. The maximum atomic E-state index is 5.88. The van der Waals surface area contributed by atoms with Crippen LogP contribution in [0.25, 0.3) is 0 Å². The Balaban J connectivity index is 2.09. The van der Waals surface area contributed by atoms with Crippen LogP contribution in [0.3, 0.4) is 0 Å². The first-order valence-corrected chi connectivity index (χ1v) is 7.52. The Bertz CT molecular complexity index is 590. The lowest BCUT2D eigenvalue weighted by Crippen LogP contribution is -2.21. The Morgan fingerprint density at radius 2 is 2.10 bits per heavy atom. The van der Waals surface area contributed by atoms with Crippen molar-refractivity contribution in [3.05, 3.63) is 51.7 Å². The molecule has 1 aromatic carbocycles. The van der Waals surface area contributed by atoms with Gasteiger partial charge < -0.3 is 10.1 Å². The first-order valence-electron chi connectivity index (χ1n) is 6.35. The number of halogens is 2. The number of hydrogen-bond donors (Lipinski definition) is 1. The minimum absolute atomic E-state index is 0.460. The van der Waals surface area contributed by atoms with E-state index in [2.05, 4.69) is 40.1 Å². The fourth-order valence-corrected chi connectivity index (χ4v) is 2.31. The van der Waals surface area contributed by atoms with Crippen molar-refractivity contribution in [3.63, 3.8) is 0 Å². The Labute approximate surface area is 132 Å². The summed E-state index contributed by atoms with van der Waals surface area (Å²) in [5, 5.41) is 3.93. The molecule has 0 spiro atoms. The van der Waals surface area contributed by atoms with Crippen molar-refractivity contribution in [2.24, 2.45) is 0 Å². The molecule has 0 bridgehead atoms. The van der Waals surface area contributed by atoms with Gasteiger partial charge in [0.1, 0.15) is 11.5 Å². The molecule has 0 saturated carbocycles. The first-order chi connectivity index (χ1) is 9.54. The van der Waals surface area contributed by atoms with Gasteiger partial charge in [0.15, 0.2) is 0 Å². The number of ether oxygens (including phenoxy) is 1. The highest BCUT2D eigenvalue weighted by molar-refractivity contribution is 9.10. The van der Waals surface area contributed by atoms with Gasteiger partial charge >= 0.3 is 0 Å². The molecule has 106 valence electrons. The van der Waals surface area contributed by atoms with Crippen LogP contribution in [-0.2, 0) is 6.54 Å². The smallest absolute Gasteiger partial charge is 0.147 e. The third-order valence-electron chi connectivity index (χ3n) is 2.62. The fourth-order valence-electron chi connectivity index (χ4n) is 1.63. The molecule has 0 aliphatic heterocycles. The molecule has 20 heavy (non-hydrogen) atoms. The number of aromatic nitrogens is 1. The Morgan fingerprint density at radius 3 is 2.75 bits per heavy atom. The summed E-state index contributed by atoms with van der Waals surface area (Å²) in [6.45, 7) is 5.08. The van der Waals surface area contributed by atoms with E-state index < -0.39 is 0 Å². The summed E-state index contributed by atoms with van der Waals surface area (Å²) in [5.41, 5.74) is 1.20. The monoisotopic (exact) mass is 354 g/mol. The van der Waals surface area contributed by atoms with Crippen LogP contribution >= 0.6 is 27.5 Å². The van der Waals surface area contributed by atoms with Gasteiger partial charge in [0.05, 0.1) is 15.7 Å². The summed E-state index contributed by atoms with van der Waals surface area (Å²) >= 11 is 9.41. The standard InChI is InChI=1S/C15H16BrClN2O/c1-10(2)19-7-11-3-4-15(14(16)5-11)20-13-6-12(17)8-18-9-13/h3-6,8-10,19H,7H2,1-2H3. The molecule has 1 N–H and O–H groups in total. The molecule has 0 radical (unpaired) electrons. The molecule has 0 amide bonds. The van der Waals surface area contributed by atoms with Crippen LogP contribution in [0.15, 0.2) is 41.1 Å². The average molecular weight is 356 g/mol. The van der Waals surface area contributed by atoms with Gasteiger partial charge in [0.25, 0.3) is 0 Å². The first kappa shape index (κ1) is 15.3. The maximum absolute atomic E-state index is 5.88. The number of rotatable bonds is 5. The molecule has 2 rings (SSSR count). The summed E-state index contributed by atoms with van der Waals surface area (Å²) in [4.78, 5) is 3.99. The minimum Gasteiger partial charge on any atom is -0.455 e. The van der Waals surface area contributed by atoms with Crippen molar-refractivity contribution in [2.75, 3.05) is 0 Å². The van der Waals surface area contributed by atoms with E-state index in [4.69, 9.17) is 16.3 Å².